The molecule has 5 nitrogen and oxygen atoms in total. The highest BCUT2D eigenvalue weighted by Crippen LogP contribution is 2.15. The van der Waals surface area contributed by atoms with Gasteiger partial charge in [-0.3, -0.25) is 0 Å². The molecule has 0 bridgehead atoms. The van der Waals surface area contributed by atoms with Crippen LogP contribution in [0.4, 0.5) is 0 Å². The topological polar surface area (TPSA) is 101 Å². The van der Waals surface area contributed by atoms with E-state index in [4.69, 9.17) is 24.9 Å². The molecular formula is C27H61O5PS. The molecule has 0 aromatic carbocycles. The Labute approximate surface area is 218 Å². The van der Waals surface area contributed by atoms with Crippen LogP contribution < -0.4 is 0 Å². The molecule has 0 spiro atoms. The largest absolute Gasteiger partial charge is 0.394 e. The van der Waals surface area contributed by atoms with Gasteiger partial charge < -0.3 is 24.9 Å². The molecule has 0 fully saturated rings. The molecule has 1 unspecified atom stereocenters. The average Bonchev–Trinajstić information content (AvgIpc) is 2.80. The van der Waals surface area contributed by atoms with Gasteiger partial charge in [0.25, 0.3) is 0 Å². The molecule has 7 heteroatoms. The van der Waals surface area contributed by atoms with Crippen LogP contribution in [0.5, 0.6) is 0 Å². The van der Waals surface area contributed by atoms with E-state index in [-0.39, 0.29) is 6.61 Å². The molecule has 0 aliphatic carbocycles. The summed E-state index contributed by atoms with van der Waals surface area (Å²) in [6.07, 6.45) is 28.6. The van der Waals surface area contributed by atoms with Gasteiger partial charge in [0, 0.05) is 0 Å². The lowest BCUT2D eigenvalue weighted by Crippen LogP contribution is -2.03. The highest BCUT2D eigenvalue weighted by atomic mass is 32.2. The number of hydrogen-bond donors (Lipinski definition) is 5. The summed E-state index contributed by atoms with van der Waals surface area (Å²) < 4.78 is 0. The van der Waals surface area contributed by atoms with E-state index in [1.54, 1.807) is 0 Å². The van der Waals surface area contributed by atoms with E-state index in [1.807, 2.05) is 0 Å². The monoisotopic (exact) mass is 528 g/mol. The minimum Gasteiger partial charge on any atom is -0.394 e. The zero-order valence-electron chi connectivity index (χ0n) is 22.9. The van der Waals surface area contributed by atoms with Gasteiger partial charge in [0.1, 0.15) is 0 Å². The molecule has 0 amide bonds. The number of unbranched alkanes of at least 4 members (excludes halogenated alkanes) is 18. The lowest BCUT2D eigenvalue weighted by Gasteiger charge is -2.04. The predicted molar refractivity (Wildman–Crippen MR) is 153 cm³/mol. The third-order valence-corrected chi connectivity index (χ3v) is 6.70. The first-order valence-electron chi connectivity index (χ1n) is 14.2. The molecule has 0 heterocycles. The van der Waals surface area contributed by atoms with Crippen molar-refractivity contribution in [2.45, 2.75) is 155 Å². The van der Waals surface area contributed by atoms with Gasteiger partial charge >= 0.3 is 8.60 Å². The molecule has 34 heavy (non-hydrogen) atoms. The van der Waals surface area contributed by atoms with E-state index in [0.29, 0.717) is 0 Å². The van der Waals surface area contributed by atoms with Crippen LogP contribution in [-0.4, -0.2) is 49.1 Å². The maximum Gasteiger partial charge on any atom is 0.324 e. The van der Waals surface area contributed by atoms with E-state index in [9.17, 15) is 0 Å². The van der Waals surface area contributed by atoms with Crippen LogP contribution in [0, 0.1) is 0 Å². The van der Waals surface area contributed by atoms with Crippen molar-refractivity contribution in [3.8, 4) is 0 Å². The molecular weight excluding hydrogens is 467 g/mol. The number of thioether (sulfide) groups is 1. The Kier molecular flexibility index (Phi) is 43.8. The van der Waals surface area contributed by atoms with Crippen molar-refractivity contribution in [3.05, 3.63) is 0 Å². The van der Waals surface area contributed by atoms with Crippen molar-refractivity contribution in [3.63, 3.8) is 0 Å². The summed E-state index contributed by atoms with van der Waals surface area (Å²) in [5.74, 6) is 2.82. The minimum atomic E-state index is -2.62. The predicted octanol–water partition coefficient (Wildman–Crippen LogP) is 8.11. The summed E-state index contributed by atoms with van der Waals surface area (Å²) >= 11 is 2.21. The van der Waals surface area contributed by atoms with Crippen molar-refractivity contribution in [2.75, 3.05) is 18.1 Å². The van der Waals surface area contributed by atoms with Gasteiger partial charge in [-0.25, -0.2) is 0 Å². The second-order valence-corrected chi connectivity index (χ2v) is 11.0. The first-order valence-corrected chi connectivity index (χ1v) is 16.5. The number of aliphatic hydroxyl groups is 2. The standard InChI is InChI=1S/C24H50S.C3H8O2.H3O3P/c1-3-5-7-9-11-13-15-17-19-21-23-25-24-22-20-18-16-14-12-10-8-6-4-2;1-3(5)2-4;1-4(2)3/h3-24H2,1-2H3;3-5H,2H2,1H3;1-3H. The summed E-state index contributed by atoms with van der Waals surface area (Å²) in [4.78, 5) is 21.7. The summed E-state index contributed by atoms with van der Waals surface area (Å²) in [6.45, 7) is 5.99. The van der Waals surface area contributed by atoms with E-state index < -0.39 is 14.7 Å². The van der Waals surface area contributed by atoms with E-state index in [1.165, 1.54) is 147 Å². The fraction of sp³-hybridized carbons (Fsp3) is 1.00. The van der Waals surface area contributed by atoms with Gasteiger partial charge in [-0.2, -0.15) is 11.8 Å². The summed E-state index contributed by atoms with van der Waals surface area (Å²) in [5, 5.41) is 16.0. The number of hydrogen-bond acceptors (Lipinski definition) is 6. The van der Waals surface area contributed by atoms with Gasteiger partial charge in [0.05, 0.1) is 12.7 Å². The summed E-state index contributed by atoms with van der Waals surface area (Å²) in [7, 11) is -2.62. The molecule has 0 saturated heterocycles. The lowest BCUT2D eigenvalue weighted by atomic mass is 10.1. The number of rotatable bonds is 23. The van der Waals surface area contributed by atoms with Crippen molar-refractivity contribution >= 4 is 20.4 Å². The van der Waals surface area contributed by atoms with E-state index >= 15 is 0 Å². The highest BCUT2D eigenvalue weighted by molar-refractivity contribution is 7.99. The van der Waals surface area contributed by atoms with Gasteiger partial charge in [-0.05, 0) is 31.3 Å². The Hall–Kier alpha value is 0.580. The van der Waals surface area contributed by atoms with E-state index in [0.717, 1.165) is 0 Å². The summed E-state index contributed by atoms with van der Waals surface area (Å²) in [6, 6.07) is 0. The first-order chi connectivity index (χ1) is 16.4. The van der Waals surface area contributed by atoms with E-state index in [2.05, 4.69) is 25.6 Å². The molecule has 0 radical (unpaired) electrons. The van der Waals surface area contributed by atoms with Crippen molar-refractivity contribution in [1.29, 1.82) is 0 Å². The van der Waals surface area contributed by atoms with Crippen LogP contribution in [0.15, 0.2) is 0 Å². The molecule has 0 saturated carbocycles. The maximum atomic E-state index is 8.11. The van der Waals surface area contributed by atoms with Crippen molar-refractivity contribution in [1.82, 2.24) is 0 Å². The van der Waals surface area contributed by atoms with Crippen LogP contribution in [-0.2, 0) is 0 Å². The zero-order chi connectivity index (χ0) is 26.1. The Bertz CT molecular complexity index is 299. The lowest BCUT2D eigenvalue weighted by molar-refractivity contribution is 0.110. The second kappa shape index (κ2) is 38.1. The Morgan fingerprint density at radius 3 is 0.941 bits per heavy atom. The fourth-order valence-electron chi connectivity index (χ4n) is 3.49. The maximum absolute atomic E-state index is 8.11. The SMILES string of the molecule is CC(O)CO.CCCCCCCCCCCCSCCCCCCCCCCCC.OP(O)O. The fourth-order valence-corrected chi connectivity index (χ4v) is 4.51. The highest BCUT2D eigenvalue weighted by Gasteiger charge is 1.95. The van der Waals surface area contributed by atoms with Crippen LogP contribution >= 0.6 is 20.4 Å². The quantitative estimate of drug-likeness (QED) is 0.0678. The van der Waals surface area contributed by atoms with Crippen LogP contribution in [0.1, 0.15) is 149 Å². The van der Waals surface area contributed by atoms with Crippen molar-refractivity contribution < 1.29 is 24.9 Å². The van der Waals surface area contributed by atoms with Crippen LogP contribution in [0.2, 0.25) is 0 Å². The van der Waals surface area contributed by atoms with Crippen LogP contribution in [0.3, 0.4) is 0 Å². The van der Waals surface area contributed by atoms with Crippen LogP contribution in [0.25, 0.3) is 0 Å². The smallest absolute Gasteiger partial charge is 0.324 e. The molecule has 0 rings (SSSR count). The van der Waals surface area contributed by atoms with Gasteiger partial charge in [-0.1, -0.05) is 129 Å². The third kappa shape index (κ3) is 53.8. The summed E-state index contributed by atoms with van der Waals surface area (Å²) in [5.41, 5.74) is 0. The molecule has 210 valence electrons. The number of aliphatic hydroxyl groups excluding tert-OH is 2. The second-order valence-electron chi connectivity index (χ2n) is 9.28. The molecule has 0 aromatic heterocycles. The Morgan fingerprint density at radius 1 is 0.529 bits per heavy atom. The average molecular weight is 529 g/mol. The van der Waals surface area contributed by atoms with Gasteiger partial charge in [-0.15, -0.1) is 0 Å². The Balaban J connectivity index is -0.000000900. The van der Waals surface area contributed by atoms with Gasteiger partial charge in [0.15, 0.2) is 0 Å². The zero-order valence-corrected chi connectivity index (χ0v) is 24.6. The third-order valence-electron chi connectivity index (χ3n) is 5.55. The van der Waals surface area contributed by atoms with Gasteiger partial charge in [0.2, 0.25) is 0 Å². The molecule has 5 N–H and O–H groups in total. The molecule has 0 aliphatic rings. The van der Waals surface area contributed by atoms with Crippen molar-refractivity contribution in [2.24, 2.45) is 0 Å². The molecule has 0 aromatic rings. The first kappa shape index (κ1) is 39.1. The molecule has 1 atom stereocenters. The molecule has 0 aliphatic heterocycles. The Morgan fingerprint density at radius 2 is 0.735 bits per heavy atom. The normalized spacial score (nSPS) is 11.6. The minimum absolute atomic E-state index is 0.139.